The second-order valence-electron chi connectivity index (χ2n) is 7.35. The number of fused-ring (bicyclic) bond motifs is 1. The maximum Gasteiger partial charge on any atom is 0.282 e. The molecule has 0 amide bonds. The summed E-state index contributed by atoms with van der Waals surface area (Å²) in [5.41, 5.74) is 1.53. The molecule has 0 N–H and O–H groups in total. The van der Waals surface area contributed by atoms with Gasteiger partial charge >= 0.3 is 0 Å². The molecule has 148 valence electrons. The summed E-state index contributed by atoms with van der Waals surface area (Å²) in [5, 5.41) is 5.15. The van der Waals surface area contributed by atoms with Crippen LogP contribution in [0.25, 0.3) is 10.9 Å². The van der Waals surface area contributed by atoms with Crippen LogP contribution in [-0.2, 0) is 0 Å². The lowest BCUT2D eigenvalue weighted by Gasteiger charge is -2.22. The van der Waals surface area contributed by atoms with Crippen LogP contribution < -0.4 is 10.3 Å². The zero-order valence-electron chi connectivity index (χ0n) is 16.5. The van der Waals surface area contributed by atoms with Crippen LogP contribution in [0.5, 0.6) is 5.75 Å². The Morgan fingerprint density at radius 3 is 2.62 bits per heavy atom. The zero-order chi connectivity index (χ0) is 20.1. The maximum atomic E-state index is 13.2. The SMILES string of the molecule is C=CCOc1ccc(C=Nn2c(C3CCCCC3)nc3ccccc3c2=O)cc1. The van der Waals surface area contributed by atoms with Crippen LogP contribution in [0.1, 0.15) is 49.4 Å². The van der Waals surface area contributed by atoms with Crippen molar-refractivity contribution in [3.8, 4) is 5.75 Å². The molecule has 1 aromatic heterocycles. The highest BCUT2D eigenvalue weighted by Crippen LogP contribution is 2.31. The van der Waals surface area contributed by atoms with E-state index in [-0.39, 0.29) is 11.5 Å². The summed E-state index contributed by atoms with van der Waals surface area (Å²) in [6.07, 6.45) is 9.11. The average molecular weight is 387 g/mol. The number of benzene rings is 2. The summed E-state index contributed by atoms with van der Waals surface area (Å²) in [4.78, 5) is 18.0. The molecule has 1 heterocycles. The number of hydrogen-bond acceptors (Lipinski definition) is 4. The van der Waals surface area contributed by atoms with Crippen molar-refractivity contribution in [2.75, 3.05) is 6.61 Å². The van der Waals surface area contributed by atoms with Crippen molar-refractivity contribution < 1.29 is 4.74 Å². The van der Waals surface area contributed by atoms with Crippen LogP contribution in [0.3, 0.4) is 0 Å². The predicted molar refractivity (Wildman–Crippen MR) is 117 cm³/mol. The lowest BCUT2D eigenvalue weighted by molar-refractivity contribution is 0.363. The van der Waals surface area contributed by atoms with E-state index in [9.17, 15) is 4.79 Å². The molecule has 3 aromatic rings. The van der Waals surface area contributed by atoms with Crippen molar-refractivity contribution >= 4 is 17.1 Å². The maximum absolute atomic E-state index is 13.2. The zero-order valence-corrected chi connectivity index (χ0v) is 16.5. The Labute approximate surface area is 170 Å². The number of hydrogen-bond donors (Lipinski definition) is 0. The fourth-order valence-corrected chi connectivity index (χ4v) is 3.81. The van der Waals surface area contributed by atoms with Gasteiger partial charge in [-0.1, -0.05) is 44.1 Å². The van der Waals surface area contributed by atoms with Crippen LogP contribution in [0.2, 0.25) is 0 Å². The molecule has 1 aliphatic rings. The van der Waals surface area contributed by atoms with E-state index >= 15 is 0 Å². The monoisotopic (exact) mass is 387 g/mol. The highest BCUT2D eigenvalue weighted by Gasteiger charge is 2.22. The van der Waals surface area contributed by atoms with Crippen molar-refractivity contribution in [2.45, 2.75) is 38.0 Å². The minimum absolute atomic E-state index is 0.113. The molecule has 29 heavy (non-hydrogen) atoms. The van der Waals surface area contributed by atoms with E-state index in [1.54, 1.807) is 12.3 Å². The van der Waals surface area contributed by atoms with Gasteiger partial charge in [0.2, 0.25) is 0 Å². The van der Waals surface area contributed by atoms with E-state index in [1.165, 1.54) is 23.9 Å². The highest BCUT2D eigenvalue weighted by molar-refractivity contribution is 5.80. The average Bonchev–Trinajstić information content (AvgIpc) is 2.78. The standard InChI is InChI=1S/C24H25N3O2/c1-2-16-29-20-14-12-18(13-15-20)17-25-27-23(19-8-4-3-5-9-19)26-22-11-7-6-10-21(22)24(27)28/h2,6-7,10-15,17,19H,1,3-5,8-9,16H2. The number of ether oxygens (including phenoxy) is 1. The van der Waals surface area contributed by atoms with E-state index in [2.05, 4.69) is 11.7 Å². The summed E-state index contributed by atoms with van der Waals surface area (Å²) in [6, 6.07) is 15.1. The van der Waals surface area contributed by atoms with E-state index < -0.39 is 0 Å². The third-order valence-electron chi connectivity index (χ3n) is 5.32. The molecule has 0 atom stereocenters. The molecule has 5 nitrogen and oxygen atoms in total. The number of para-hydroxylation sites is 1. The molecule has 1 aliphatic carbocycles. The molecule has 0 unspecified atom stereocenters. The van der Waals surface area contributed by atoms with Crippen molar-refractivity contribution in [3.63, 3.8) is 0 Å². The van der Waals surface area contributed by atoms with Gasteiger partial charge in [0.05, 0.1) is 17.1 Å². The van der Waals surface area contributed by atoms with Gasteiger partial charge in [-0.05, 0) is 54.8 Å². The van der Waals surface area contributed by atoms with Crippen LogP contribution in [-0.4, -0.2) is 22.5 Å². The van der Waals surface area contributed by atoms with E-state index in [0.29, 0.717) is 12.0 Å². The highest BCUT2D eigenvalue weighted by atomic mass is 16.5. The molecule has 1 saturated carbocycles. The fraction of sp³-hybridized carbons (Fsp3) is 0.292. The topological polar surface area (TPSA) is 56.5 Å². The molecule has 0 bridgehead atoms. The number of nitrogens with zero attached hydrogens (tertiary/aromatic N) is 3. The Kier molecular flexibility index (Phi) is 5.84. The van der Waals surface area contributed by atoms with Gasteiger partial charge in [0.25, 0.3) is 5.56 Å². The van der Waals surface area contributed by atoms with Crippen molar-refractivity contribution in [1.29, 1.82) is 0 Å². The van der Waals surface area contributed by atoms with Gasteiger partial charge in [0, 0.05) is 5.92 Å². The first-order valence-electron chi connectivity index (χ1n) is 10.2. The Morgan fingerprint density at radius 1 is 1.10 bits per heavy atom. The lowest BCUT2D eigenvalue weighted by atomic mass is 9.88. The van der Waals surface area contributed by atoms with Crippen LogP contribution in [0.15, 0.2) is 71.1 Å². The Morgan fingerprint density at radius 2 is 1.86 bits per heavy atom. The Balaban J connectivity index is 1.71. The number of aromatic nitrogens is 2. The molecule has 4 rings (SSSR count). The van der Waals surface area contributed by atoms with Crippen LogP contribution in [0, 0.1) is 0 Å². The first-order chi connectivity index (χ1) is 14.3. The quantitative estimate of drug-likeness (QED) is 0.447. The van der Waals surface area contributed by atoms with Crippen molar-refractivity contribution in [2.24, 2.45) is 5.10 Å². The van der Waals surface area contributed by atoms with Crippen molar-refractivity contribution in [1.82, 2.24) is 9.66 Å². The van der Waals surface area contributed by atoms with Crippen LogP contribution in [0.4, 0.5) is 0 Å². The van der Waals surface area contributed by atoms with Crippen molar-refractivity contribution in [3.05, 3.63) is 82.9 Å². The minimum atomic E-state index is -0.113. The number of rotatable bonds is 6. The molecular weight excluding hydrogens is 362 g/mol. The summed E-state index contributed by atoms with van der Waals surface area (Å²) >= 11 is 0. The third-order valence-corrected chi connectivity index (χ3v) is 5.32. The van der Waals surface area contributed by atoms with E-state index in [4.69, 9.17) is 9.72 Å². The summed E-state index contributed by atoms with van der Waals surface area (Å²) in [5.74, 6) is 1.82. The summed E-state index contributed by atoms with van der Waals surface area (Å²) < 4.78 is 7.01. The Hall–Kier alpha value is -3.21. The molecule has 0 spiro atoms. The van der Waals surface area contributed by atoms with Gasteiger partial charge in [0.15, 0.2) is 0 Å². The van der Waals surface area contributed by atoms with Gasteiger partial charge in [-0.25, -0.2) is 4.98 Å². The fourth-order valence-electron chi connectivity index (χ4n) is 3.81. The third kappa shape index (κ3) is 4.29. The van der Waals surface area contributed by atoms with Gasteiger partial charge in [-0.3, -0.25) is 4.79 Å². The first-order valence-corrected chi connectivity index (χ1v) is 10.2. The largest absolute Gasteiger partial charge is 0.490 e. The van der Waals surface area contributed by atoms with Gasteiger partial charge in [-0.15, -0.1) is 0 Å². The summed E-state index contributed by atoms with van der Waals surface area (Å²) in [7, 11) is 0. The summed E-state index contributed by atoms with van der Waals surface area (Å²) in [6.45, 7) is 4.12. The van der Waals surface area contributed by atoms with Gasteiger partial charge < -0.3 is 4.74 Å². The smallest absolute Gasteiger partial charge is 0.282 e. The molecule has 1 fully saturated rings. The second-order valence-corrected chi connectivity index (χ2v) is 7.35. The van der Waals surface area contributed by atoms with E-state index in [1.807, 2.05) is 48.5 Å². The molecular formula is C24H25N3O2. The first kappa shape index (κ1) is 19.1. The second kappa shape index (κ2) is 8.86. The van der Waals surface area contributed by atoms with Gasteiger partial charge in [-0.2, -0.15) is 9.78 Å². The molecule has 2 aromatic carbocycles. The van der Waals surface area contributed by atoms with E-state index in [0.717, 1.165) is 35.5 Å². The lowest BCUT2D eigenvalue weighted by Crippen LogP contribution is -2.25. The molecule has 0 radical (unpaired) electrons. The predicted octanol–water partition coefficient (Wildman–Crippen LogP) is 4.89. The normalized spacial score (nSPS) is 15.0. The Bertz CT molecular complexity index is 1080. The van der Waals surface area contributed by atoms with Gasteiger partial charge in [0.1, 0.15) is 18.2 Å². The molecule has 0 aliphatic heterocycles. The molecule has 0 saturated heterocycles. The molecule has 5 heteroatoms. The minimum Gasteiger partial charge on any atom is -0.490 e. The van der Waals surface area contributed by atoms with Crippen LogP contribution >= 0.6 is 0 Å².